The van der Waals surface area contributed by atoms with Gasteiger partial charge in [-0.05, 0) is 34.8 Å². The lowest BCUT2D eigenvalue weighted by molar-refractivity contribution is -0.115. The number of alkyl halides is 2. The number of hydrogen-bond donors (Lipinski definition) is 1. The van der Waals surface area contributed by atoms with Crippen molar-refractivity contribution in [2.24, 2.45) is 0 Å². The van der Waals surface area contributed by atoms with E-state index in [0.29, 0.717) is 16.8 Å². The van der Waals surface area contributed by atoms with Crippen molar-refractivity contribution in [2.75, 3.05) is 0 Å². The van der Waals surface area contributed by atoms with Gasteiger partial charge in [-0.15, -0.1) is 0 Å². The lowest BCUT2D eigenvalue weighted by atomic mass is 9.86. The van der Waals surface area contributed by atoms with E-state index in [1.165, 1.54) is 11.6 Å². The molecule has 2 aromatic rings. The number of nitrogens with one attached hydrogen (secondary N) is 1. The van der Waals surface area contributed by atoms with Gasteiger partial charge in [0.15, 0.2) is 0 Å². The number of hydrogen-bond acceptors (Lipinski definition) is 2. The maximum atomic E-state index is 12.6. The summed E-state index contributed by atoms with van der Waals surface area (Å²) in [6.45, 7) is 3.49. The van der Waals surface area contributed by atoms with Crippen LogP contribution in [0.1, 0.15) is 37.5 Å². The highest BCUT2D eigenvalue weighted by atomic mass is 19.3. The molecule has 0 spiro atoms. The van der Waals surface area contributed by atoms with Crippen LogP contribution in [0.25, 0.3) is 11.8 Å². The van der Waals surface area contributed by atoms with Gasteiger partial charge in [0.05, 0.1) is 0 Å². The maximum absolute atomic E-state index is 12.6. The number of halogens is 2. The first-order valence-corrected chi connectivity index (χ1v) is 8.63. The fourth-order valence-electron chi connectivity index (χ4n) is 2.83. The Bertz CT molecular complexity index is 907. The van der Waals surface area contributed by atoms with Crippen molar-refractivity contribution in [3.63, 3.8) is 0 Å². The van der Waals surface area contributed by atoms with Crippen LogP contribution in [0.2, 0.25) is 0 Å². The predicted molar refractivity (Wildman–Crippen MR) is 102 cm³/mol. The Morgan fingerprint density at radius 1 is 1.04 bits per heavy atom. The number of carbonyl (C=O) groups excluding carboxylic acids is 1. The van der Waals surface area contributed by atoms with E-state index < -0.39 is 6.61 Å². The molecule has 0 radical (unpaired) electrons. The lowest BCUT2D eigenvalue weighted by Crippen LogP contribution is -2.16. The van der Waals surface area contributed by atoms with E-state index in [4.69, 9.17) is 0 Å². The summed E-state index contributed by atoms with van der Waals surface area (Å²) in [5, 5.41) is 2.82. The minimum absolute atomic E-state index is 0.0316. The largest absolute Gasteiger partial charge is 0.434 e. The Hall–Kier alpha value is -2.95. The Morgan fingerprint density at radius 3 is 2.33 bits per heavy atom. The van der Waals surface area contributed by atoms with Gasteiger partial charge < -0.3 is 10.1 Å². The standard InChI is InChI=1S/C22H21F2NO2/c1-22(2,3)17-10-8-14(9-11-17)18-13-16(20(26)25-18)12-15-6-4-5-7-19(15)27-21(23)24/h4-13,21H,1-3H3,(H,25,26). The SMILES string of the molecule is CC(C)(C)c1ccc(C2=CC(=Cc3ccccc3OC(F)F)C(=O)N2)cc1. The monoisotopic (exact) mass is 369 g/mol. The van der Waals surface area contributed by atoms with E-state index in [1.807, 2.05) is 24.3 Å². The van der Waals surface area contributed by atoms with E-state index in [2.05, 4.69) is 30.8 Å². The molecular weight excluding hydrogens is 348 g/mol. The molecule has 1 N–H and O–H groups in total. The summed E-state index contributed by atoms with van der Waals surface area (Å²) >= 11 is 0. The van der Waals surface area contributed by atoms with Gasteiger partial charge >= 0.3 is 6.61 Å². The van der Waals surface area contributed by atoms with Crippen molar-refractivity contribution in [1.29, 1.82) is 0 Å². The van der Waals surface area contributed by atoms with Crippen LogP contribution in [0.5, 0.6) is 5.75 Å². The van der Waals surface area contributed by atoms with Crippen molar-refractivity contribution >= 4 is 17.7 Å². The maximum Gasteiger partial charge on any atom is 0.387 e. The van der Waals surface area contributed by atoms with E-state index in [9.17, 15) is 13.6 Å². The molecule has 1 heterocycles. The van der Waals surface area contributed by atoms with Gasteiger partial charge in [0, 0.05) is 16.8 Å². The van der Waals surface area contributed by atoms with Crippen LogP contribution in [0.15, 0.2) is 60.2 Å². The quantitative estimate of drug-likeness (QED) is 0.758. The fraction of sp³-hybridized carbons (Fsp3) is 0.227. The molecule has 0 aromatic heterocycles. The summed E-state index contributed by atoms with van der Waals surface area (Å²) in [5.74, 6) is -0.249. The van der Waals surface area contributed by atoms with E-state index in [-0.39, 0.29) is 17.1 Å². The van der Waals surface area contributed by atoms with Crippen LogP contribution in [0, 0.1) is 0 Å². The molecule has 3 rings (SSSR count). The molecule has 27 heavy (non-hydrogen) atoms. The molecule has 0 atom stereocenters. The summed E-state index contributed by atoms with van der Waals surface area (Å²) < 4.78 is 29.6. The zero-order chi connectivity index (χ0) is 19.6. The van der Waals surface area contributed by atoms with Gasteiger partial charge in [0.25, 0.3) is 5.91 Å². The second-order valence-electron chi connectivity index (χ2n) is 7.36. The topological polar surface area (TPSA) is 38.3 Å². The summed E-state index contributed by atoms with van der Waals surface area (Å²) in [4.78, 5) is 12.3. The lowest BCUT2D eigenvalue weighted by Gasteiger charge is -2.19. The molecule has 0 aliphatic carbocycles. The second kappa shape index (κ2) is 7.35. The molecule has 0 bridgehead atoms. The van der Waals surface area contributed by atoms with Gasteiger partial charge in [-0.3, -0.25) is 4.79 Å². The van der Waals surface area contributed by atoms with Crippen molar-refractivity contribution in [1.82, 2.24) is 5.32 Å². The van der Waals surface area contributed by atoms with Crippen LogP contribution >= 0.6 is 0 Å². The Kier molecular flexibility index (Phi) is 5.13. The highest BCUT2D eigenvalue weighted by Crippen LogP contribution is 2.28. The molecule has 2 aromatic carbocycles. The first kappa shape index (κ1) is 18.8. The van der Waals surface area contributed by atoms with Crippen LogP contribution in [-0.4, -0.2) is 12.5 Å². The highest BCUT2D eigenvalue weighted by molar-refractivity contribution is 6.10. The van der Waals surface area contributed by atoms with Crippen molar-refractivity contribution in [3.05, 3.63) is 76.9 Å². The smallest absolute Gasteiger partial charge is 0.387 e. The summed E-state index contributed by atoms with van der Waals surface area (Å²) in [7, 11) is 0. The third-order valence-electron chi connectivity index (χ3n) is 4.32. The minimum atomic E-state index is -2.92. The van der Waals surface area contributed by atoms with Gasteiger partial charge in [0.1, 0.15) is 5.75 Å². The van der Waals surface area contributed by atoms with Crippen LogP contribution in [-0.2, 0) is 10.2 Å². The summed E-state index contributed by atoms with van der Waals surface area (Å²) in [6.07, 6.45) is 3.26. The number of ether oxygens (including phenoxy) is 1. The molecular formula is C22H21F2NO2. The molecule has 1 amide bonds. The fourth-order valence-corrected chi connectivity index (χ4v) is 2.83. The molecule has 140 valence electrons. The van der Waals surface area contributed by atoms with Crippen LogP contribution in [0.4, 0.5) is 8.78 Å². The average Bonchev–Trinajstić information content (AvgIpc) is 2.96. The highest BCUT2D eigenvalue weighted by Gasteiger charge is 2.21. The van der Waals surface area contributed by atoms with Gasteiger partial charge in [0.2, 0.25) is 0 Å². The number of rotatable bonds is 4. The molecule has 1 aliphatic heterocycles. The van der Waals surface area contributed by atoms with Crippen molar-refractivity contribution in [2.45, 2.75) is 32.8 Å². The van der Waals surface area contributed by atoms with E-state index >= 15 is 0 Å². The molecule has 0 unspecified atom stereocenters. The molecule has 3 nitrogen and oxygen atoms in total. The number of amides is 1. The Labute approximate surface area is 157 Å². The third kappa shape index (κ3) is 4.42. The molecule has 0 saturated heterocycles. The molecule has 0 saturated carbocycles. The van der Waals surface area contributed by atoms with Gasteiger partial charge in [-0.1, -0.05) is 63.2 Å². The first-order valence-electron chi connectivity index (χ1n) is 8.63. The average molecular weight is 369 g/mol. The van der Waals surface area contributed by atoms with E-state index in [0.717, 1.165) is 5.56 Å². The van der Waals surface area contributed by atoms with Crippen LogP contribution < -0.4 is 10.1 Å². The number of benzene rings is 2. The first-order chi connectivity index (χ1) is 12.7. The number of carbonyl (C=O) groups is 1. The van der Waals surface area contributed by atoms with Crippen LogP contribution in [0.3, 0.4) is 0 Å². The predicted octanol–water partition coefficient (Wildman–Crippen LogP) is 5.14. The minimum Gasteiger partial charge on any atom is -0.434 e. The normalized spacial score (nSPS) is 15.9. The van der Waals surface area contributed by atoms with Gasteiger partial charge in [-0.2, -0.15) is 8.78 Å². The van der Waals surface area contributed by atoms with Crippen molar-refractivity contribution < 1.29 is 18.3 Å². The zero-order valence-corrected chi connectivity index (χ0v) is 15.4. The Morgan fingerprint density at radius 2 is 1.70 bits per heavy atom. The molecule has 1 aliphatic rings. The summed E-state index contributed by atoms with van der Waals surface area (Å²) in [6, 6.07) is 14.4. The molecule has 0 fully saturated rings. The third-order valence-corrected chi connectivity index (χ3v) is 4.32. The second-order valence-corrected chi connectivity index (χ2v) is 7.36. The Balaban J connectivity index is 1.90. The summed E-state index contributed by atoms with van der Waals surface area (Å²) in [5.41, 5.74) is 3.62. The number of para-hydroxylation sites is 1. The zero-order valence-electron chi connectivity index (χ0n) is 15.4. The van der Waals surface area contributed by atoms with Gasteiger partial charge in [-0.25, -0.2) is 0 Å². The van der Waals surface area contributed by atoms with Crippen molar-refractivity contribution in [3.8, 4) is 5.75 Å². The van der Waals surface area contributed by atoms with E-state index in [1.54, 1.807) is 30.4 Å². The molecule has 5 heteroatoms.